The molecule has 1 aliphatic rings. The summed E-state index contributed by atoms with van der Waals surface area (Å²) in [7, 11) is 0. The fraction of sp³-hybridized carbons (Fsp3) is 0.133. The average molecular weight is 240 g/mol. The van der Waals surface area contributed by atoms with E-state index in [4.69, 9.17) is 5.41 Å². The Balaban J connectivity index is 2.07. The van der Waals surface area contributed by atoms with Gasteiger partial charge in [-0.1, -0.05) is 36.4 Å². The van der Waals surface area contributed by atoms with Crippen molar-refractivity contribution in [3.05, 3.63) is 65.0 Å². The van der Waals surface area contributed by atoms with Crippen LogP contribution in [0.3, 0.4) is 0 Å². The Morgan fingerprint density at radius 2 is 1.89 bits per heavy atom. The summed E-state index contributed by atoms with van der Waals surface area (Å²) in [6, 6.07) is 13.0. The van der Waals surface area contributed by atoms with Crippen molar-refractivity contribution in [3.63, 3.8) is 0 Å². The van der Waals surface area contributed by atoms with E-state index in [1.165, 1.54) is 0 Å². The number of halogens is 1. The topological polar surface area (TPSA) is 27.1 Å². The molecule has 0 saturated heterocycles. The maximum atomic E-state index is 14.1. The molecule has 2 aromatic rings. The first-order valence-corrected chi connectivity index (χ1v) is 5.88. The van der Waals surface area contributed by atoms with Gasteiger partial charge in [0.1, 0.15) is 11.7 Å². The lowest BCUT2D eigenvalue weighted by Gasteiger charge is -2.19. The number of rotatable bonds is 1. The van der Waals surface area contributed by atoms with Gasteiger partial charge in [-0.25, -0.2) is 4.39 Å². The van der Waals surface area contributed by atoms with Crippen molar-refractivity contribution in [1.82, 2.24) is 0 Å². The Hall–Kier alpha value is -2.16. The molecule has 0 spiro atoms. The van der Waals surface area contributed by atoms with E-state index in [1.54, 1.807) is 24.0 Å². The van der Waals surface area contributed by atoms with Crippen LogP contribution in [-0.2, 0) is 6.54 Å². The van der Waals surface area contributed by atoms with E-state index in [-0.39, 0.29) is 5.82 Å². The number of nitrogens with one attached hydrogen (secondary N) is 1. The lowest BCUT2D eigenvalue weighted by Crippen LogP contribution is -2.24. The smallest absolute Gasteiger partial charge is 0.149 e. The molecule has 0 aromatic heterocycles. The molecule has 0 fully saturated rings. The molecular formula is C15H13FN2. The number of benzene rings is 2. The summed E-state index contributed by atoms with van der Waals surface area (Å²) in [6.07, 6.45) is 0. The molecule has 0 amide bonds. The largest absolute Gasteiger partial charge is 0.319 e. The molecule has 0 unspecified atom stereocenters. The van der Waals surface area contributed by atoms with Gasteiger partial charge in [-0.2, -0.15) is 0 Å². The van der Waals surface area contributed by atoms with Gasteiger partial charge < -0.3 is 4.90 Å². The molecule has 0 saturated carbocycles. The molecule has 2 nitrogen and oxygen atoms in total. The van der Waals surface area contributed by atoms with Crippen molar-refractivity contribution in [2.45, 2.75) is 13.5 Å². The first kappa shape index (κ1) is 11.0. The molecule has 1 N–H and O–H groups in total. The summed E-state index contributed by atoms with van der Waals surface area (Å²) in [5, 5.41) is 8.15. The number of fused-ring (bicyclic) bond motifs is 1. The highest BCUT2D eigenvalue weighted by atomic mass is 19.1. The number of anilines is 1. The second kappa shape index (κ2) is 3.95. The normalized spacial score (nSPS) is 13.9. The molecule has 90 valence electrons. The quantitative estimate of drug-likeness (QED) is 0.811. The van der Waals surface area contributed by atoms with Gasteiger partial charge in [-0.05, 0) is 24.1 Å². The fourth-order valence-corrected chi connectivity index (χ4v) is 2.33. The maximum absolute atomic E-state index is 14.1. The third kappa shape index (κ3) is 1.51. The Labute approximate surface area is 105 Å². The van der Waals surface area contributed by atoms with Crippen molar-refractivity contribution in [2.24, 2.45) is 0 Å². The van der Waals surface area contributed by atoms with Crippen molar-refractivity contribution >= 4 is 11.5 Å². The van der Waals surface area contributed by atoms with Gasteiger partial charge in [0, 0.05) is 5.56 Å². The Bertz CT molecular complexity index is 634. The van der Waals surface area contributed by atoms with Crippen molar-refractivity contribution in [2.75, 3.05) is 4.90 Å². The van der Waals surface area contributed by atoms with Crippen molar-refractivity contribution < 1.29 is 4.39 Å². The predicted octanol–water partition coefficient (Wildman–Crippen LogP) is 3.48. The van der Waals surface area contributed by atoms with E-state index in [0.717, 1.165) is 11.1 Å². The summed E-state index contributed by atoms with van der Waals surface area (Å²) in [6.45, 7) is 2.31. The van der Waals surface area contributed by atoms with Gasteiger partial charge in [0.05, 0.1) is 12.2 Å². The molecular weight excluding hydrogens is 227 g/mol. The van der Waals surface area contributed by atoms with Gasteiger partial charge in [-0.15, -0.1) is 0 Å². The molecule has 0 radical (unpaired) electrons. The molecule has 1 aliphatic heterocycles. The Morgan fingerprint density at radius 1 is 1.11 bits per heavy atom. The average Bonchev–Trinajstić information content (AvgIpc) is 2.71. The molecule has 0 bridgehead atoms. The van der Waals surface area contributed by atoms with Crippen LogP contribution in [0.5, 0.6) is 0 Å². The summed E-state index contributed by atoms with van der Waals surface area (Å²) in [5.41, 5.74) is 3.05. The molecule has 2 aromatic carbocycles. The molecule has 0 atom stereocenters. The van der Waals surface area contributed by atoms with Gasteiger partial charge in [0.25, 0.3) is 0 Å². The van der Waals surface area contributed by atoms with Gasteiger partial charge in [0.15, 0.2) is 0 Å². The zero-order valence-corrected chi connectivity index (χ0v) is 10.1. The van der Waals surface area contributed by atoms with Gasteiger partial charge in [-0.3, -0.25) is 5.41 Å². The molecule has 0 aliphatic carbocycles. The Morgan fingerprint density at radius 3 is 2.67 bits per heavy atom. The number of nitrogens with zero attached hydrogens (tertiary/aromatic N) is 1. The number of aryl methyl sites for hydroxylation is 1. The van der Waals surface area contributed by atoms with E-state index in [2.05, 4.69) is 0 Å². The van der Waals surface area contributed by atoms with Crippen LogP contribution in [0.15, 0.2) is 42.5 Å². The van der Waals surface area contributed by atoms with E-state index in [9.17, 15) is 4.39 Å². The fourth-order valence-electron chi connectivity index (χ4n) is 2.33. The second-order valence-electron chi connectivity index (χ2n) is 4.50. The lowest BCUT2D eigenvalue weighted by atomic mass is 10.1. The van der Waals surface area contributed by atoms with E-state index < -0.39 is 0 Å². The summed E-state index contributed by atoms with van der Waals surface area (Å²) in [5.74, 6) is 0.130. The van der Waals surface area contributed by atoms with Crippen LogP contribution < -0.4 is 4.90 Å². The maximum Gasteiger partial charge on any atom is 0.149 e. The highest BCUT2D eigenvalue weighted by molar-refractivity contribution is 6.11. The van der Waals surface area contributed by atoms with Gasteiger partial charge in [0.2, 0.25) is 0 Å². The zero-order valence-electron chi connectivity index (χ0n) is 10.1. The van der Waals surface area contributed by atoms with Crippen LogP contribution in [0.4, 0.5) is 10.1 Å². The van der Waals surface area contributed by atoms with Crippen LogP contribution in [0, 0.1) is 18.2 Å². The third-order valence-electron chi connectivity index (χ3n) is 3.33. The zero-order chi connectivity index (χ0) is 12.7. The molecule has 18 heavy (non-hydrogen) atoms. The Kier molecular flexibility index (Phi) is 2.40. The first-order valence-electron chi connectivity index (χ1n) is 5.88. The van der Waals surface area contributed by atoms with Crippen LogP contribution in [0.1, 0.15) is 16.7 Å². The summed E-state index contributed by atoms with van der Waals surface area (Å²) in [4.78, 5) is 1.72. The predicted molar refractivity (Wildman–Crippen MR) is 70.6 cm³/mol. The van der Waals surface area contributed by atoms with Crippen molar-refractivity contribution in [3.8, 4) is 0 Å². The van der Waals surface area contributed by atoms with E-state index >= 15 is 0 Å². The number of hydrogen-bond acceptors (Lipinski definition) is 1. The highest BCUT2D eigenvalue weighted by Crippen LogP contribution is 2.30. The number of hydrogen-bond donors (Lipinski definition) is 1. The van der Waals surface area contributed by atoms with Crippen LogP contribution in [-0.4, -0.2) is 5.84 Å². The van der Waals surface area contributed by atoms with Crippen molar-refractivity contribution in [1.29, 1.82) is 5.41 Å². The summed E-state index contributed by atoms with van der Waals surface area (Å²) >= 11 is 0. The number of amidine groups is 1. The SMILES string of the molecule is Cc1cccc(N2Cc3ccccc3C2=N)c1F. The van der Waals surface area contributed by atoms with Crippen LogP contribution >= 0.6 is 0 Å². The lowest BCUT2D eigenvalue weighted by molar-refractivity contribution is 0.617. The minimum Gasteiger partial charge on any atom is -0.319 e. The highest BCUT2D eigenvalue weighted by Gasteiger charge is 2.26. The van der Waals surface area contributed by atoms with Crippen LogP contribution in [0.2, 0.25) is 0 Å². The second-order valence-corrected chi connectivity index (χ2v) is 4.50. The minimum atomic E-state index is -0.241. The third-order valence-corrected chi connectivity index (χ3v) is 3.33. The first-order chi connectivity index (χ1) is 8.68. The van der Waals surface area contributed by atoms with Gasteiger partial charge >= 0.3 is 0 Å². The van der Waals surface area contributed by atoms with E-state index in [1.807, 2.05) is 30.3 Å². The van der Waals surface area contributed by atoms with Crippen LogP contribution in [0.25, 0.3) is 0 Å². The van der Waals surface area contributed by atoms with E-state index in [0.29, 0.717) is 23.6 Å². The molecule has 1 heterocycles. The summed E-state index contributed by atoms with van der Waals surface area (Å²) < 4.78 is 14.1. The minimum absolute atomic E-state index is 0.241. The molecule has 3 heteroatoms. The monoisotopic (exact) mass is 240 g/mol. The molecule has 3 rings (SSSR count). The standard InChI is InChI=1S/C15H13FN2/c1-10-5-4-8-13(14(10)16)18-9-11-6-2-3-7-12(11)15(18)17/h2-8,17H,9H2,1H3.